The van der Waals surface area contributed by atoms with E-state index in [9.17, 15) is 0 Å². The van der Waals surface area contributed by atoms with Crippen LogP contribution < -0.4 is 0 Å². The number of fused-ring (bicyclic) bond motifs is 1. The van der Waals surface area contributed by atoms with Gasteiger partial charge in [-0.05, 0) is 55.0 Å². The summed E-state index contributed by atoms with van der Waals surface area (Å²) in [7, 11) is 1.87. The summed E-state index contributed by atoms with van der Waals surface area (Å²) in [6, 6.07) is 14.1. The molecule has 3 aromatic rings. The molecule has 1 fully saturated rings. The van der Waals surface area contributed by atoms with Crippen LogP contribution in [0.15, 0.2) is 47.6 Å². The molecule has 3 nitrogen and oxygen atoms in total. The molecule has 1 saturated carbocycles. The molecular weight excluding hydrogens is 318 g/mol. The number of aliphatic imine (C=N–C) groups is 1. The molecule has 0 unspecified atom stereocenters. The Bertz CT molecular complexity index is 941. The number of hydrogen-bond donors (Lipinski definition) is 0. The largest absolute Gasteiger partial charge is 0.293 e. The first kappa shape index (κ1) is 17.0. The molecule has 0 amide bonds. The molecule has 1 heterocycles. The number of benzene rings is 2. The van der Waals surface area contributed by atoms with E-state index in [1.54, 1.807) is 0 Å². The minimum Gasteiger partial charge on any atom is -0.293 e. The van der Waals surface area contributed by atoms with Gasteiger partial charge in [-0.1, -0.05) is 44.0 Å². The van der Waals surface area contributed by atoms with Crippen molar-refractivity contribution in [3.05, 3.63) is 53.7 Å². The van der Waals surface area contributed by atoms with Crippen LogP contribution in [-0.4, -0.2) is 22.5 Å². The van der Waals surface area contributed by atoms with Gasteiger partial charge in [0.25, 0.3) is 0 Å². The van der Waals surface area contributed by atoms with Gasteiger partial charge in [0, 0.05) is 23.7 Å². The first-order valence-corrected chi connectivity index (χ1v) is 9.75. The Hall–Kier alpha value is -2.42. The first-order valence-electron chi connectivity index (χ1n) is 9.75. The Morgan fingerprint density at radius 3 is 2.50 bits per heavy atom. The molecule has 0 N–H and O–H groups in total. The summed E-state index contributed by atoms with van der Waals surface area (Å²) in [4.78, 5) is 4.46. The highest BCUT2D eigenvalue weighted by Crippen LogP contribution is 2.35. The van der Waals surface area contributed by atoms with E-state index in [-0.39, 0.29) is 0 Å². The van der Waals surface area contributed by atoms with Crippen molar-refractivity contribution in [1.29, 1.82) is 0 Å². The standard InChI is InChI=1S/C23H27N3/c1-4-17-9-11-18(12-10-17)19-13-21(16(2)24-3)22-15-25-26(23(22)14-19)20-7-5-6-8-20/h9-15,20H,4-8H2,1-3H3/b24-16-. The lowest BCUT2D eigenvalue weighted by molar-refractivity contribution is 0.482. The minimum absolute atomic E-state index is 0.539. The second-order valence-electron chi connectivity index (χ2n) is 7.34. The van der Waals surface area contributed by atoms with Gasteiger partial charge in [-0.3, -0.25) is 9.67 Å². The van der Waals surface area contributed by atoms with Gasteiger partial charge in [-0.25, -0.2) is 0 Å². The molecule has 3 heteroatoms. The number of nitrogens with zero attached hydrogens (tertiary/aromatic N) is 3. The predicted octanol–water partition coefficient (Wildman–Crippen LogP) is 5.82. The maximum Gasteiger partial charge on any atom is 0.0698 e. The number of hydrogen-bond acceptors (Lipinski definition) is 2. The summed E-state index contributed by atoms with van der Waals surface area (Å²) in [5.74, 6) is 0. The second kappa shape index (κ2) is 7.06. The topological polar surface area (TPSA) is 30.2 Å². The van der Waals surface area contributed by atoms with Crippen LogP contribution in [0.5, 0.6) is 0 Å². The summed E-state index contributed by atoms with van der Waals surface area (Å²) in [5, 5.41) is 6.00. The highest BCUT2D eigenvalue weighted by Gasteiger charge is 2.21. The van der Waals surface area contributed by atoms with E-state index in [2.05, 4.69) is 59.9 Å². The quantitative estimate of drug-likeness (QED) is 0.548. The van der Waals surface area contributed by atoms with Gasteiger partial charge in [0.15, 0.2) is 0 Å². The molecule has 0 spiro atoms. The molecule has 26 heavy (non-hydrogen) atoms. The average molecular weight is 345 g/mol. The number of aryl methyl sites for hydroxylation is 1. The van der Waals surface area contributed by atoms with Crippen molar-refractivity contribution >= 4 is 16.6 Å². The maximum atomic E-state index is 4.78. The number of aromatic nitrogens is 2. The zero-order chi connectivity index (χ0) is 18.1. The van der Waals surface area contributed by atoms with E-state index in [1.807, 2.05) is 13.2 Å². The molecule has 0 atom stereocenters. The van der Waals surface area contributed by atoms with E-state index in [0.29, 0.717) is 6.04 Å². The molecule has 0 saturated heterocycles. The van der Waals surface area contributed by atoms with Crippen molar-refractivity contribution in [2.45, 2.75) is 52.0 Å². The predicted molar refractivity (Wildman–Crippen MR) is 110 cm³/mol. The molecule has 4 rings (SSSR count). The normalized spacial score (nSPS) is 15.9. The van der Waals surface area contributed by atoms with Crippen molar-refractivity contribution in [2.24, 2.45) is 4.99 Å². The first-order chi connectivity index (χ1) is 12.7. The summed E-state index contributed by atoms with van der Waals surface area (Å²) >= 11 is 0. The highest BCUT2D eigenvalue weighted by molar-refractivity contribution is 6.10. The maximum absolute atomic E-state index is 4.78. The lowest BCUT2D eigenvalue weighted by Gasteiger charge is -2.14. The van der Waals surface area contributed by atoms with Crippen LogP contribution in [0.3, 0.4) is 0 Å². The van der Waals surface area contributed by atoms with Crippen molar-refractivity contribution in [1.82, 2.24) is 9.78 Å². The van der Waals surface area contributed by atoms with Gasteiger partial charge < -0.3 is 0 Å². The van der Waals surface area contributed by atoms with Crippen LogP contribution in [0.1, 0.15) is 56.7 Å². The van der Waals surface area contributed by atoms with Gasteiger partial charge in [0.2, 0.25) is 0 Å². The van der Waals surface area contributed by atoms with E-state index in [1.165, 1.54) is 58.8 Å². The third-order valence-electron chi connectivity index (χ3n) is 5.81. The molecule has 0 bridgehead atoms. The molecule has 1 aromatic heterocycles. The third kappa shape index (κ3) is 2.96. The zero-order valence-electron chi connectivity index (χ0n) is 16.0. The van der Waals surface area contributed by atoms with Crippen LogP contribution in [0.4, 0.5) is 0 Å². The summed E-state index contributed by atoms with van der Waals surface area (Å²) in [6.45, 7) is 4.28. The van der Waals surface area contributed by atoms with Gasteiger partial charge >= 0.3 is 0 Å². The second-order valence-corrected chi connectivity index (χ2v) is 7.34. The lowest BCUT2D eigenvalue weighted by Crippen LogP contribution is -2.06. The average Bonchev–Trinajstić information content (AvgIpc) is 3.36. The van der Waals surface area contributed by atoms with Gasteiger partial charge in [0.1, 0.15) is 0 Å². The molecular formula is C23H27N3. The van der Waals surface area contributed by atoms with Crippen LogP contribution in [0.2, 0.25) is 0 Å². The highest BCUT2D eigenvalue weighted by atomic mass is 15.3. The fourth-order valence-corrected chi connectivity index (χ4v) is 4.10. The molecule has 1 aliphatic rings. The number of rotatable bonds is 4. The van der Waals surface area contributed by atoms with Crippen LogP contribution in [0, 0.1) is 0 Å². The molecule has 0 radical (unpaired) electrons. The minimum atomic E-state index is 0.539. The molecule has 134 valence electrons. The Morgan fingerprint density at radius 2 is 1.85 bits per heavy atom. The molecule has 1 aliphatic carbocycles. The van der Waals surface area contributed by atoms with Crippen molar-refractivity contribution in [2.75, 3.05) is 7.05 Å². The Balaban J connectivity index is 1.90. The van der Waals surface area contributed by atoms with E-state index >= 15 is 0 Å². The van der Waals surface area contributed by atoms with Gasteiger partial charge in [-0.2, -0.15) is 5.10 Å². The van der Waals surface area contributed by atoms with Crippen molar-refractivity contribution in [3.8, 4) is 11.1 Å². The Kier molecular flexibility index (Phi) is 4.62. The van der Waals surface area contributed by atoms with Gasteiger partial charge in [0.05, 0.1) is 17.8 Å². The summed E-state index contributed by atoms with van der Waals surface area (Å²) in [5.41, 5.74) is 7.38. The van der Waals surface area contributed by atoms with Crippen LogP contribution in [-0.2, 0) is 6.42 Å². The SMILES string of the molecule is CCc1ccc(-c2cc(/C(C)=N\C)c3cnn(C4CCCC4)c3c2)cc1. The Morgan fingerprint density at radius 1 is 1.12 bits per heavy atom. The zero-order valence-corrected chi connectivity index (χ0v) is 16.0. The smallest absolute Gasteiger partial charge is 0.0698 e. The van der Waals surface area contributed by atoms with Crippen molar-refractivity contribution < 1.29 is 0 Å². The lowest BCUT2D eigenvalue weighted by atomic mass is 9.97. The van der Waals surface area contributed by atoms with E-state index < -0.39 is 0 Å². The third-order valence-corrected chi connectivity index (χ3v) is 5.81. The van der Waals surface area contributed by atoms with Crippen molar-refractivity contribution in [3.63, 3.8) is 0 Å². The molecule has 2 aromatic carbocycles. The Labute approximate surface area is 155 Å². The van der Waals surface area contributed by atoms with E-state index in [4.69, 9.17) is 5.10 Å². The fraction of sp³-hybridized carbons (Fsp3) is 0.391. The molecule has 0 aliphatic heterocycles. The van der Waals surface area contributed by atoms with Crippen LogP contribution >= 0.6 is 0 Å². The van der Waals surface area contributed by atoms with Gasteiger partial charge in [-0.15, -0.1) is 0 Å². The van der Waals surface area contributed by atoms with E-state index in [0.717, 1.165) is 12.1 Å². The fourth-order valence-electron chi connectivity index (χ4n) is 4.10. The summed E-state index contributed by atoms with van der Waals surface area (Å²) < 4.78 is 2.26. The summed E-state index contributed by atoms with van der Waals surface area (Å²) in [6.07, 6.45) is 8.20. The monoisotopic (exact) mass is 345 g/mol. The van der Waals surface area contributed by atoms with Crippen LogP contribution in [0.25, 0.3) is 22.0 Å².